The number of H-pyrrole nitrogens is 1. The third-order valence-corrected chi connectivity index (χ3v) is 5.64. The third kappa shape index (κ3) is 4.22. The normalized spacial score (nSPS) is 12.0. The van der Waals surface area contributed by atoms with Gasteiger partial charge in [0.25, 0.3) is 5.56 Å². The first-order chi connectivity index (χ1) is 13.8. The number of ketones is 1. The number of ether oxygens (including phenoxy) is 2. The lowest BCUT2D eigenvalue weighted by molar-refractivity contribution is 0.0531. The maximum absolute atomic E-state index is 12.6. The number of hydrogen-bond donors (Lipinski definition) is 1. The minimum absolute atomic E-state index is 0.0616. The number of nitrogens with zero attached hydrogens (tertiary/aromatic N) is 1. The minimum atomic E-state index is -0.534. The second-order valence-electron chi connectivity index (χ2n) is 6.47. The van der Waals surface area contributed by atoms with E-state index >= 15 is 0 Å². The SMILES string of the molecule is CCOC(=O)c1sc2nc([C@@H](C)Oc3ccc(C(=O)CC)cc3)[nH]c(=O)c2c1C. The summed E-state index contributed by atoms with van der Waals surface area (Å²) in [6.45, 7) is 7.28. The summed E-state index contributed by atoms with van der Waals surface area (Å²) in [6.07, 6.45) is -0.0937. The molecule has 3 rings (SSSR count). The summed E-state index contributed by atoms with van der Waals surface area (Å²) in [7, 11) is 0. The first-order valence-corrected chi connectivity index (χ1v) is 10.2. The van der Waals surface area contributed by atoms with Crippen molar-refractivity contribution in [2.45, 2.75) is 40.2 Å². The Kier molecular flexibility index (Phi) is 6.12. The molecule has 0 fully saturated rings. The van der Waals surface area contributed by atoms with E-state index in [0.29, 0.717) is 44.2 Å². The van der Waals surface area contributed by atoms with Gasteiger partial charge in [-0.2, -0.15) is 0 Å². The molecule has 0 amide bonds. The van der Waals surface area contributed by atoms with Gasteiger partial charge in [0.05, 0.1) is 12.0 Å². The van der Waals surface area contributed by atoms with Crippen LogP contribution in [-0.2, 0) is 4.74 Å². The van der Waals surface area contributed by atoms with Crippen molar-refractivity contribution in [3.8, 4) is 5.75 Å². The highest BCUT2D eigenvalue weighted by molar-refractivity contribution is 7.20. The number of nitrogens with one attached hydrogen (secondary N) is 1. The molecule has 0 spiro atoms. The second-order valence-corrected chi connectivity index (χ2v) is 7.47. The zero-order valence-corrected chi connectivity index (χ0v) is 17.5. The van der Waals surface area contributed by atoms with Crippen LogP contribution in [0.5, 0.6) is 5.75 Å². The van der Waals surface area contributed by atoms with E-state index < -0.39 is 12.1 Å². The first kappa shape index (κ1) is 20.7. The number of Topliss-reactive ketones (excluding diaryl/α,β-unsaturated/α-hetero) is 1. The number of fused-ring (bicyclic) bond motifs is 1. The highest BCUT2D eigenvalue weighted by atomic mass is 32.1. The van der Waals surface area contributed by atoms with E-state index in [1.165, 1.54) is 0 Å². The van der Waals surface area contributed by atoms with E-state index in [1.807, 2.05) is 6.92 Å². The van der Waals surface area contributed by atoms with Crippen LogP contribution in [-0.4, -0.2) is 28.3 Å². The Morgan fingerprint density at radius 3 is 2.52 bits per heavy atom. The summed E-state index contributed by atoms with van der Waals surface area (Å²) in [4.78, 5) is 44.5. The molecule has 7 nitrogen and oxygen atoms in total. The van der Waals surface area contributed by atoms with Crippen LogP contribution in [0.3, 0.4) is 0 Å². The zero-order chi connectivity index (χ0) is 21.1. The third-order valence-electron chi connectivity index (χ3n) is 4.48. The molecule has 1 atom stereocenters. The molecule has 0 saturated carbocycles. The van der Waals surface area contributed by atoms with E-state index in [4.69, 9.17) is 9.47 Å². The predicted molar refractivity (Wildman–Crippen MR) is 111 cm³/mol. The molecule has 0 saturated heterocycles. The van der Waals surface area contributed by atoms with Gasteiger partial charge in [-0.1, -0.05) is 6.92 Å². The van der Waals surface area contributed by atoms with Crippen molar-refractivity contribution in [3.63, 3.8) is 0 Å². The Morgan fingerprint density at radius 1 is 1.21 bits per heavy atom. The number of carbonyl (C=O) groups is 2. The van der Waals surface area contributed by atoms with E-state index in [-0.39, 0.29) is 17.9 Å². The Bertz CT molecular complexity index is 1110. The van der Waals surface area contributed by atoms with E-state index in [2.05, 4.69) is 9.97 Å². The second kappa shape index (κ2) is 8.57. The summed E-state index contributed by atoms with van der Waals surface area (Å²) in [6, 6.07) is 6.84. The van der Waals surface area contributed by atoms with Gasteiger partial charge in [-0.25, -0.2) is 9.78 Å². The van der Waals surface area contributed by atoms with Crippen LogP contribution in [0.4, 0.5) is 0 Å². The molecular formula is C21H22N2O5S. The van der Waals surface area contributed by atoms with Crippen molar-refractivity contribution in [3.05, 3.63) is 56.4 Å². The van der Waals surface area contributed by atoms with Gasteiger partial charge in [0.1, 0.15) is 15.5 Å². The van der Waals surface area contributed by atoms with Gasteiger partial charge in [-0.15, -0.1) is 11.3 Å². The molecule has 8 heteroatoms. The number of aromatic nitrogens is 2. The standard InChI is InChI=1S/C21H22N2O5S/c1-5-15(24)13-7-9-14(10-8-13)28-12(4)18-22-19(25)16-11(3)17(21(26)27-6-2)29-20(16)23-18/h7-10,12H,5-6H2,1-4H3,(H,22,23,25)/t12-/m1/s1. The van der Waals surface area contributed by atoms with Crippen LogP contribution >= 0.6 is 11.3 Å². The molecule has 0 aliphatic rings. The number of thiophene rings is 1. The van der Waals surface area contributed by atoms with Gasteiger partial charge in [0.15, 0.2) is 17.7 Å². The molecule has 0 bridgehead atoms. The van der Waals surface area contributed by atoms with E-state index in [0.717, 1.165) is 11.3 Å². The number of rotatable bonds is 7. The smallest absolute Gasteiger partial charge is 0.348 e. The quantitative estimate of drug-likeness (QED) is 0.459. The highest BCUT2D eigenvalue weighted by Gasteiger charge is 2.21. The van der Waals surface area contributed by atoms with Gasteiger partial charge < -0.3 is 14.5 Å². The maximum Gasteiger partial charge on any atom is 0.348 e. The molecule has 152 valence electrons. The number of benzene rings is 1. The summed E-state index contributed by atoms with van der Waals surface area (Å²) < 4.78 is 10.9. The van der Waals surface area contributed by atoms with Gasteiger partial charge >= 0.3 is 5.97 Å². The van der Waals surface area contributed by atoms with Crippen LogP contribution in [0.25, 0.3) is 10.2 Å². The van der Waals surface area contributed by atoms with Gasteiger partial charge in [-0.3, -0.25) is 9.59 Å². The Hall–Kier alpha value is -3.00. The van der Waals surface area contributed by atoms with Crippen molar-refractivity contribution in [1.82, 2.24) is 9.97 Å². The lowest BCUT2D eigenvalue weighted by Crippen LogP contribution is -2.16. The summed E-state index contributed by atoms with van der Waals surface area (Å²) in [5.41, 5.74) is 0.864. The number of aryl methyl sites for hydroxylation is 1. The summed E-state index contributed by atoms with van der Waals surface area (Å²) in [5.74, 6) is 0.516. The molecule has 1 N–H and O–H groups in total. The number of hydrogen-bond acceptors (Lipinski definition) is 7. The molecule has 0 unspecified atom stereocenters. The largest absolute Gasteiger partial charge is 0.483 e. The molecule has 3 aromatic rings. The highest BCUT2D eigenvalue weighted by Crippen LogP contribution is 2.29. The van der Waals surface area contributed by atoms with Crippen molar-refractivity contribution in [2.75, 3.05) is 6.61 Å². The average Bonchev–Trinajstić information content (AvgIpc) is 3.05. The van der Waals surface area contributed by atoms with Crippen LogP contribution < -0.4 is 10.3 Å². The van der Waals surface area contributed by atoms with Crippen molar-refractivity contribution in [2.24, 2.45) is 0 Å². The minimum Gasteiger partial charge on any atom is -0.483 e. The van der Waals surface area contributed by atoms with E-state index in [9.17, 15) is 14.4 Å². The fraction of sp³-hybridized carbons (Fsp3) is 0.333. The maximum atomic E-state index is 12.6. The fourth-order valence-corrected chi connectivity index (χ4v) is 4.01. The topological polar surface area (TPSA) is 98.3 Å². The summed E-state index contributed by atoms with van der Waals surface area (Å²) >= 11 is 1.13. The summed E-state index contributed by atoms with van der Waals surface area (Å²) in [5, 5.41) is 0.386. The number of carbonyl (C=O) groups excluding carboxylic acids is 2. The monoisotopic (exact) mass is 414 g/mol. The molecule has 1 aromatic carbocycles. The van der Waals surface area contributed by atoms with Crippen LogP contribution in [0.2, 0.25) is 0 Å². The van der Waals surface area contributed by atoms with Crippen molar-refractivity contribution >= 4 is 33.3 Å². The van der Waals surface area contributed by atoms with Crippen LogP contribution in [0, 0.1) is 6.92 Å². The van der Waals surface area contributed by atoms with Crippen LogP contribution in [0.15, 0.2) is 29.1 Å². The molecule has 2 aromatic heterocycles. The van der Waals surface area contributed by atoms with Crippen molar-refractivity contribution < 1.29 is 19.1 Å². The zero-order valence-electron chi connectivity index (χ0n) is 16.7. The Labute approximate surface area is 171 Å². The van der Waals surface area contributed by atoms with Crippen molar-refractivity contribution in [1.29, 1.82) is 0 Å². The van der Waals surface area contributed by atoms with Gasteiger partial charge in [-0.05, 0) is 50.6 Å². The Morgan fingerprint density at radius 2 is 1.90 bits per heavy atom. The molecule has 0 radical (unpaired) electrons. The fourth-order valence-electron chi connectivity index (χ4n) is 2.93. The molecule has 0 aliphatic carbocycles. The average molecular weight is 414 g/mol. The molecular weight excluding hydrogens is 392 g/mol. The van der Waals surface area contributed by atoms with Gasteiger partial charge in [0.2, 0.25) is 0 Å². The van der Waals surface area contributed by atoms with Gasteiger partial charge in [0, 0.05) is 12.0 Å². The number of esters is 1. The lowest BCUT2D eigenvalue weighted by Gasteiger charge is -2.14. The van der Waals surface area contributed by atoms with E-state index in [1.54, 1.807) is 45.0 Å². The van der Waals surface area contributed by atoms with Crippen LogP contribution in [0.1, 0.15) is 64.7 Å². The molecule has 0 aliphatic heterocycles. The number of aromatic amines is 1. The predicted octanol–water partition coefficient (Wildman–Crippen LogP) is 4.20. The first-order valence-electron chi connectivity index (χ1n) is 9.36. The molecule has 29 heavy (non-hydrogen) atoms. The molecule has 2 heterocycles. The Balaban J connectivity index is 1.88. The lowest BCUT2D eigenvalue weighted by atomic mass is 10.1.